The van der Waals surface area contributed by atoms with Crippen LogP contribution in [0.4, 0.5) is 10.5 Å². The van der Waals surface area contributed by atoms with Gasteiger partial charge in [0.25, 0.3) is 0 Å². The number of carbonyl (C=O) groups excluding carboxylic acids is 2. The number of piperidine rings is 1. The first-order valence-electron chi connectivity index (χ1n) is 10.8. The number of nitrogens with zero attached hydrogens (tertiary/aromatic N) is 1. The third kappa shape index (κ3) is 5.41. The molecule has 2 amide bonds. The number of anilines is 1. The fourth-order valence-corrected chi connectivity index (χ4v) is 4.02. The topological polar surface area (TPSA) is 79.9 Å². The number of benzene rings is 1. The Labute approximate surface area is 172 Å². The maximum atomic E-state index is 11.8. The molecule has 1 saturated heterocycles. The number of alkyl carbamates (subject to hydrolysis) is 1. The first-order valence-corrected chi connectivity index (χ1v) is 10.8. The van der Waals surface area contributed by atoms with Gasteiger partial charge in [0, 0.05) is 37.7 Å². The molecule has 7 nitrogen and oxygen atoms in total. The normalized spacial score (nSPS) is 20.0. The number of amides is 2. The molecule has 1 aromatic carbocycles. The summed E-state index contributed by atoms with van der Waals surface area (Å²) in [6, 6.07) is 4.21. The maximum absolute atomic E-state index is 11.8. The third-order valence-electron chi connectivity index (χ3n) is 6.07. The molecule has 0 unspecified atom stereocenters. The minimum absolute atomic E-state index is 0.0747. The van der Waals surface area contributed by atoms with E-state index in [0.717, 1.165) is 61.5 Å². The quantitative estimate of drug-likeness (QED) is 0.734. The summed E-state index contributed by atoms with van der Waals surface area (Å²) in [5.41, 5.74) is 3.10. The van der Waals surface area contributed by atoms with Crippen LogP contribution in [0.15, 0.2) is 12.1 Å². The summed E-state index contributed by atoms with van der Waals surface area (Å²) in [6.07, 6.45) is 5.22. The molecule has 0 radical (unpaired) electrons. The third-order valence-corrected chi connectivity index (χ3v) is 6.07. The molecular formula is C22H31N3O4. The molecule has 1 saturated carbocycles. The van der Waals surface area contributed by atoms with Crippen LogP contribution in [0, 0.1) is 12.8 Å². The summed E-state index contributed by atoms with van der Waals surface area (Å²) in [5.74, 6) is 1.55. The number of likely N-dealkylation sites (tertiary alicyclic amines) is 1. The first kappa shape index (κ1) is 20.0. The van der Waals surface area contributed by atoms with Crippen LogP contribution in [0.5, 0.6) is 5.75 Å². The lowest BCUT2D eigenvalue weighted by Gasteiger charge is -2.32. The summed E-state index contributed by atoms with van der Waals surface area (Å²) in [5, 5.41) is 5.97. The molecule has 0 aromatic heterocycles. The van der Waals surface area contributed by atoms with Crippen LogP contribution in [-0.2, 0) is 16.0 Å². The number of fused-ring (bicyclic) bond motifs is 1. The van der Waals surface area contributed by atoms with E-state index in [0.29, 0.717) is 25.6 Å². The van der Waals surface area contributed by atoms with E-state index < -0.39 is 0 Å². The number of aryl methyl sites for hydroxylation is 1. The molecule has 4 rings (SSSR count). The standard InChI is InChI=1S/C22H31N3O4/c1-15-2-6-19(18-5-7-20(26)24-21(15)18)28-13-12-25-10-8-17(9-11-25)23-22(27)29-14-16-3-4-16/h2,6,16-17H,3-5,7-14H2,1H3,(H,23,27)(H,24,26). The van der Waals surface area contributed by atoms with E-state index in [1.165, 1.54) is 12.8 Å². The van der Waals surface area contributed by atoms with Crippen molar-refractivity contribution in [2.75, 3.05) is 38.2 Å². The maximum Gasteiger partial charge on any atom is 0.407 e. The molecule has 1 aliphatic carbocycles. The first-order chi connectivity index (χ1) is 14.1. The lowest BCUT2D eigenvalue weighted by molar-refractivity contribution is -0.116. The molecule has 1 aromatic rings. The Hall–Kier alpha value is -2.28. The van der Waals surface area contributed by atoms with Crippen molar-refractivity contribution in [2.24, 2.45) is 5.92 Å². The Balaban J connectivity index is 1.18. The number of nitrogens with one attached hydrogen (secondary N) is 2. The zero-order valence-electron chi connectivity index (χ0n) is 17.2. The van der Waals surface area contributed by atoms with E-state index in [-0.39, 0.29) is 18.0 Å². The Kier molecular flexibility index (Phi) is 6.23. The highest BCUT2D eigenvalue weighted by atomic mass is 16.5. The lowest BCUT2D eigenvalue weighted by Crippen LogP contribution is -2.45. The average Bonchev–Trinajstić information content (AvgIpc) is 3.54. The van der Waals surface area contributed by atoms with Crippen LogP contribution < -0.4 is 15.4 Å². The van der Waals surface area contributed by atoms with E-state index in [2.05, 4.69) is 15.5 Å². The highest BCUT2D eigenvalue weighted by Crippen LogP contribution is 2.34. The number of rotatable bonds is 7. The summed E-state index contributed by atoms with van der Waals surface area (Å²) in [7, 11) is 0. The summed E-state index contributed by atoms with van der Waals surface area (Å²) >= 11 is 0. The molecule has 29 heavy (non-hydrogen) atoms. The molecule has 2 fully saturated rings. The van der Waals surface area contributed by atoms with Crippen molar-refractivity contribution in [3.05, 3.63) is 23.3 Å². The van der Waals surface area contributed by atoms with Crippen molar-refractivity contribution in [3.63, 3.8) is 0 Å². The van der Waals surface area contributed by atoms with Crippen molar-refractivity contribution in [1.29, 1.82) is 0 Å². The van der Waals surface area contributed by atoms with Gasteiger partial charge in [0.15, 0.2) is 0 Å². The molecule has 2 heterocycles. The lowest BCUT2D eigenvalue weighted by atomic mass is 9.98. The molecule has 0 atom stereocenters. The van der Waals surface area contributed by atoms with Crippen molar-refractivity contribution in [3.8, 4) is 5.75 Å². The SMILES string of the molecule is Cc1ccc(OCCN2CCC(NC(=O)OCC3CC3)CC2)c2c1NC(=O)CC2. The average molecular weight is 402 g/mol. The van der Waals surface area contributed by atoms with Gasteiger partial charge in [-0.3, -0.25) is 9.69 Å². The smallest absolute Gasteiger partial charge is 0.407 e. The Morgan fingerprint density at radius 3 is 2.76 bits per heavy atom. The van der Waals surface area contributed by atoms with Crippen molar-refractivity contribution in [2.45, 2.75) is 51.5 Å². The summed E-state index contributed by atoms with van der Waals surface area (Å²) < 4.78 is 11.3. The fourth-order valence-electron chi connectivity index (χ4n) is 4.02. The van der Waals surface area contributed by atoms with E-state index in [4.69, 9.17) is 9.47 Å². The largest absolute Gasteiger partial charge is 0.492 e. The van der Waals surface area contributed by atoms with Gasteiger partial charge >= 0.3 is 6.09 Å². The summed E-state index contributed by atoms with van der Waals surface area (Å²) in [6.45, 7) is 5.93. The zero-order valence-corrected chi connectivity index (χ0v) is 17.2. The monoisotopic (exact) mass is 401 g/mol. The van der Waals surface area contributed by atoms with Crippen molar-refractivity contribution < 1.29 is 19.1 Å². The van der Waals surface area contributed by atoms with E-state index >= 15 is 0 Å². The number of hydrogen-bond acceptors (Lipinski definition) is 5. The fraction of sp³-hybridized carbons (Fsp3) is 0.636. The van der Waals surface area contributed by atoms with Crippen LogP contribution in [0.3, 0.4) is 0 Å². The van der Waals surface area contributed by atoms with E-state index in [1.54, 1.807) is 0 Å². The number of carbonyl (C=O) groups is 2. The molecule has 158 valence electrons. The second-order valence-electron chi connectivity index (χ2n) is 8.43. The van der Waals surface area contributed by atoms with Gasteiger partial charge in [0.05, 0.1) is 12.3 Å². The van der Waals surface area contributed by atoms with Crippen LogP contribution in [0.2, 0.25) is 0 Å². The Morgan fingerprint density at radius 2 is 2.00 bits per heavy atom. The highest BCUT2D eigenvalue weighted by Gasteiger charge is 2.25. The Morgan fingerprint density at radius 1 is 1.21 bits per heavy atom. The predicted molar refractivity (Wildman–Crippen MR) is 110 cm³/mol. The van der Waals surface area contributed by atoms with E-state index in [1.807, 2.05) is 19.1 Å². The van der Waals surface area contributed by atoms with Gasteiger partial charge in [-0.15, -0.1) is 0 Å². The number of hydrogen-bond donors (Lipinski definition) is 2. The van der Waals surface area contributed by atoms with Gasteiger partial charge in [-0.1, -0.05) is 6.07 Å². The van der Waals surface area contributed by atoms with Gasteiger partial charge in [0.1, 0.15) is 12.4 Å². The molecular weight excluding hydrogens is 370 g/mol. The van der Waals surface area contributed by atoms with Gasteiger partial charge in [-0.05, 0) is 56.6 Å². The molecule has 2 aliphatic heterocycles. The second kappa shape index (κ2) is 9.03. The minimum Gasteiger partial charge on any atom is -0.492 e. The van der Waals surface area contributed by atoms with Crippen LogP contribution >= 0.6 is 0 Å². The minimum atomic E-state index is -0.269. The van der Waals surface area contributed by atoms with Gasteiger partial charge in [-0.25, -0.2) is 4.79 Å². The predicted octanol–water partition coefficient (Wildman–Crippen LogP) is 2.86. The van der Waals surface area contributed by atoms with Crippen LogP contribution in [-0.4, -0.2) is 55.8 Å². The highest BCUT2D eigenvalue weighted by molar-refractivity contribution is 5.95. The molecule has 0 bridgehead atoms. The zero-order chi connectivity index (χ0) is 20.2. The number of ether oxygens (including phenoxy) is 2. The van der Waals surface area contributed by atoms with Crippen molar-refractivity contribution in [1.82, 2.24) is 10.2 Å². The van der Waals surface area contributed by atoms with Crippen LogP contribution in [0.1, 0.15) is 43.2 Å². The van der Waals surface area contributed by atoms with Gasteiger partial charge in [0.2, 0.25) is 5.91 Å². The van der Waals surface area contributed by atoms with Crippen LogP contribution in [0.25, 0.3) is 0 Å². The Bertz CT molecular complexity index is 755. The molecule has 3 aliphatic rings. The van der Waals surface area contributed by atoms with Crippen molar-refractivity contribution >= 4 is 17.7 Å². The molecule has 2 N–H and O–H groups in total. The van der Waals surface area contributed by atoms with Gasteiger partial charge in [-0.2, -0.15) is 0 Å². The van der Waals surface area contributed by atoms with Gasteiger partial charge < -0.3 is 20.1 Å². The molecule has 0 spiro atoms. The second-order valence-corrected chi connectivity index (χ2v) is 8.43. The van der Waals surface area contributed by atoms with E-state index in [9.17, 15) is 9.59 Å². The summed E-state index contributed by atoms with van der Waals surface area (Å²) in [4.78, 5) is 25.9. The molecule has 7 heteroatoms.